The summed E-state index contributed by atoms with van der Waals surface area (Å²) < 4.78 is 37.6. The molecule has 32 heavy (non-hydrogen) atoms. The minimum atomic E-state index is -3.82. The third-order valence-electron chi connectivity index (χ3n) is 4.31. The van der Waals surface area contributed by atoms with Gasteiger partial charge < -0.3 is 25.4 Å². The Morgan fingerprint density at radius 1 is 1.16 bits per heavy atom. The SMILES string of the molecule is N/C(COc1ccccc1)=N\OCC(=O)Nc1ccc(Cl)c(S(=O)(=O)N2CCOCC2)c1. The fourth-order valence-corrected chi connectivity index (χ4v) is 4.68. The molecule has 0 saturated carbocycles. The van der Waals surface area contributed by atoms with Gasteiger partial charge in [-0.25, -0.2) is 8.42 Å². The van der Waals surface area contributed by atoms with Gasteiger partial charge in [0.05, 0.1) is 18.2 Å². The zero-order valence-electron chi connectivity index (χ0n) is 17.1. The van der Waals surface area contributed by atoms with Gasteiger partial charge in [-0.15, -0.1) is 0 Å². The number of para-hydroxylation sites is 1. The minimum absolute atomic E-state index is 0.00836. The summed E-state index contributed by atoms with van der Waals surface area (Å²) in [5.41, 5.74) is 5.94. The summed E-state index contributed by atoms with van der Waals surface area (Å²) in [6, 6.07) is 13.2. The zero-order valence-corrected chi connectivity index (χ0v) is 18.6. The second kappa shape index (κ2) is 11.1. The maximum absolute atomic E-state index is 12.9. The number of amidine groups is 1. The largest absolute Gasteiger partial charge is 0.486 e. The van der Waals surface area contributed by atoms with Crippen molar-refractivity contribution in [3.8, 4) is 5.75 Å². The highest BCUT2D eigenvalue weighted by Crippen LogP contribution is 2.28. The van der Waals surface area contributed by atoms with E-state index in [-0.39, 0.29) is 41.1 Å². The number of sulfonamides is 1. The number of hydrogen-bond donors (Lipinski definition) is 2. The third-order valence-corrected chi connectivity index (χ3v) is 6.69. The molecule has 172 valence electrons. The first kappa shape index (κ1) is 23.8. The smallest absolute Gasteiger partial charge is 0.265 e. The monoisotopic (exact) mass is 482 g/mol. The van der Waals surface area contributed by atoms with Crippen molar-refractivity contribution < 1.29 is 27.5 Å². The standard InChI is InChI=1S/C20H23ClN4O6S/c21-17-7-6-15(12-18(17)32(27,28)25-8-10-29-11-9-25)23-20(26)14-31-24-19(22)13-30-16-4-2-1-3-5-16/h1-7,12H,8-11,13-14H2,(H2,22,24)(H,23,26). The van der Waals surface area contributed by atoms with E-state index in [9.17, 15) is 13.2 Å². The normalized spacial score (nSPS) is 15.2. The molecule has 2 aromatic carbocycles. The number of carbonyl (C=O) groups excluding carboxylic acids is 1. The van der Waals surface area contributed by atoms with Gasteiger partial charge in [0.25, 0.3) is 5.91 Å². The number of nitrogens with two attached hydrogens (primary N) is 1. The minimum Gasteiger partial charge on any atom is -0.486 e. The van der Waals surface area contributed by atoms with Crippen molar-refractivity contribution >= 4 is 39.1 Å². The molecule has 0 radical (unpaired) electrons. The lowest BCUT2D eigenvalue weighted by molar-refractivity contribution is -0.120. The first-order chi connectivity index (χ1) is 15.4. The lowest BCUT2D eigenvalue weighted by atomic mass is 10.3. The number of amides is 1. The van der Waals surface area contributed by atoms with Crippen LogP contribution in [0.15, 0.2) is 58.6 Å². The highest BCUT2D eigenvalue weighted by atomic mass is 35.5. The maximum atomic E-state index is 12.9. The molecule has 1 fully saturated rings. The van der Waals surface area contributed by atoms with Crippen LogP contribution in [-0.2, 0) is 24.4 Å². The Kier molecular flexibility index (Phi) is 8.28. The van der Waals surface area contributed by atoms with Crippen molar-refractivity contribution in [3.63, 3.8) is 0 Å². The first-order valence-electron chi connectivity index (χ1n) is 9.66. The fourth-order valence-electron chi connectivity index (χ4n) is 2.78. The molecule has 0 aliphatic carbocycles. The van der Waals surface area contributed by atoms with Crippen LogP contribution in [0.4, 0.5) is 5.69 Å². The Hall–Kier alpha value is -2.86. The van der Waals surface area contributed by atoms with Crippen LogP contribution < -0.4 is 15.8 Å². The quantitative estimate of drug-likeness (QED) is 0.315. The predicted molar refractivity (Wildman–Crippen MR) is 119 cm³/mol. The Morgan fingerprint density at radius 2 is 1.88 bits per heavy atom. The molecular formula is C20H23ClN4O6S. The van der Waals surface area contributed by atoms with Crippen LogP contribution in [0.2, 0.25) is 5.02 Å². The molecule has 12 heteroatoms. The molecular weight excluding hydrogens is 460 g/mol. The topological polar surface area (TPSA) is 133 Å². The Labute approximate surface area is 190 Å². The predicted octanol–water partition coefficient (Wildman–Crippen LogP) is 1.67. The van der Waals surface area contributed by atoms with Crippen LogP contribution in [0.1, 0.15) is 0 Å². The molecule has 2 aromatic rings. The van der Waals surface area contributed by atoms with Gasteiger partial charge in [-0.2, -0.15) is 4.31 Å². The molecule has 3 rings (SSSR count). The van der Waals surface area contributed by atoms with Crippen LogP contribution in [-0.4, -0.2) is 64.0 Å². The lowest BCUT2D eigenvalue weighted by Gasteiger charge is -2.26. The van der Waals surface area contributed by atoms with E-state index in [1.807, 2.05) is 18.2 Å². The number of halogens is 1. The molecule has 10 nitrogen and oxygen atoms in total. The van der Waals surface area contributed by atoms with Gasteiger partial charge in [0, 0.05) is 18.8 Å². The summed E-state index contributed by atoms with van der Waals surface area (Å²) in [6.45, 7) is 0.647. The van der Waals surface area contributed by atoms with Crippen LogP contribution in [0.25, 0.3) is 0 Å². The van der Waals surface area contributed by atoms with Crippen LogP contribution in [0.3, 0.4) is 0 Å². The van der Waals surface area contributed by atoms with Crippen molar-refractivity contribution in [2.24, 2.45) is 10.9 Å². The van der Waals surface area contributed by atoms with Gasteiger partial charge in [-0.05, 0) is 30.3 Å². The molecule has 1 saturated heterocycles. The van der Waals surface area contributed by atoms with Crippen molar-refractivity contribution in [2.75, 3.05) is 44.8 Å². The van der Waals surface area contributed by atoms with E-state index in [1.165, 1.54) is 22.5 Å². The molecule has 1 aliphatic rings. The number of hydrogen-bond acceptors (Lipinski definition) is 7. The van der Waals surface area contributed by atoms with Crippen LogP contribution in [0, 0.1) is 0 Å². The number of oxime groups is 1. The van der Waals surface area contributed by atoms with Crippen molar-refractivity contribution in [3.05, 3.63) is 53.6 Å². The molecule has 0 unspecified atom stereocenters. The van der Waals surface area contributed by atoms with Gasteiger partial charge >= 0.3 is 0 Å². The van der Waals surface area contributed by atoms with Gasteiger partial charge in [0.1, 0.15) is 17.3 Å². The summed E-state index contributed by atoms with van der Waals surface area (Å²) >= 11 is 6.11. The number of benzene rings is 2. The van der Waals surface area contributed by atoms with Gasteiger partial charge in [0.2, 0.25) is 10.0 Å². The summed E-state index contributed by atoms with van der Waals surface area (Å²) in [5, 5.41) is 6.23. The zero-order chi connectivity index (χ0) is 23.0. The van der Waals surface area contributed by atoms with E-state index in [4.69, 9.17) is 31.6 Å². The lowest BCUT2D eigenvalue weighted by Crippen LogP contribution is -2.40. The second-order valence-corrected chi connectivity index (χ2v) is 8.98. The van der Waals surface area contributed by atoms with Gasteiger partial charge in [-0.1, -0.05) is 35.0 Å². The molecule has 0 spiro atoms. The average molecular weight is 483 g/mol. The Bertz CT molecular complexity index is 1060. The molecule has 0 bridgehead atoms. The average Bonchev–Trinajstić information content (AvgIpc) is 2.80. The number of ether oxygens (including phenoxy) is 2. The fraction of sp³-hybridized carbons (Fsp3) is 0.300. The number of morpholine rings is 1. The number of rotatable bonds is 9. The van der Waals surface area contributed by atoms with E-state index in [0.29, 0.717) is 19.0 Å². The van der Waals surface area contributed by atoms with E-state index in [2.05, 4.69) is 10.5 Å². The summed E-state index contributed by atoms with van der Waals surface area (Å²) in [6.07, 6.45) is 0. The van der Waals surface area contributed by atoms with Crippen molar-refractivity contribution in [1.82, 2.24) is 4.31 Å². The highest BCUT2D eigenvalue weighted by molar-refractivity contribution is 7.89. The Morgan fingerprint density at radius 3 is 2.59 bits per heavy atom. The van der Waals surface area contributed by atoms with Crippen LogP contribution >= 0.6 is 11.6 Å². The first-order valence-corrected chi connectivity index (χ1v) is 11.5. The summed E-state index contributed by atoms with van der Waals surface area (Å²) in [5.74, 6) is 0.114. The number of nitrogens with zero attached hydrogens (tertiary/aromatic N) is 2. The third kappa shape index (κ3) is 6.57. The van der Waals surface area contributed by atoms with Crippen molar-refractivity contribution in [2.45, 2.75) is 4.90 Å². The molecule has 1 aliphatic heterocycles. The maximum Gasteiger partial charge on any atom is 0.265 e. The van der Waals surface area contributed by atoms with E-state index < -0.39 is 22.5 Å². The van der Waals surface area contributed by atoms with E-state index in [1.54, 1.807) is 12.1 Å². The second-order valence-electron chi connectivity index (χ2n) is 6.67. The summed E-state index contributed by atoms with van der Waals surface area (Å²) in [7, 11) is -3.82. The van der Waals surface area contributed by atoms with Crippen molar-refractivity contribution in [1.29, 1.82) is 0 Å². The highest BCUT2D eigenvalue weighted by Gasteiger charge is 2.28. The Balaban J connectivity index is 1.54. The van der Waals surface area contributed by atoms with E-state index in [0.717, 1.165) is 0 Å². The van der Waals surface area contributed by atoms with Gasteiger partial charge in [0.15, 0.2) is 12.4 Å². The summed E-state index contributed by atoms with van der Waals surface area (Å²) in [4.78, 5) is 17.0. The number of nitrogens with one attached hydrogen (secondary N) is 1. The molecule has 0 atom stereocenters. The number of carbonyl (C=O) groups is 1. The van der Waals surface area contributed by atoms with E-state index >= 15 is 0 Å². The van der Waals surface area contributed by atoms with Gasteiger partial charge in [-0.3, -0.25) is 4.79 Å². The molecule has 1 amide bonds. The molecule has 0 aromatic heterocycles. The molecule has 1 heterocycles. The van der Waals surface area contributed by atoms with Crippen LogP contribution in [0.5, 0.6) is 5.75 Å². The molecule has 3 N–H and O–H groups in total. The number of anilines is 1.